The summed E-state index contributed by atoms with van der Waals surface area (Å²) < 4.78 is 13.2. The molecular weight excluding hydrogens is 562 g/mol. The van der Waals surface area contributed by atoms with Gasteiger partial charge in [-0.1, -0.05) is 115 Å². The molecule has 10 aromatic rings. The number of oxazole rings is 1. The monoisotopic (exact) mass is 585 g/mol. The number of rotatable bonds is 2. The number of hydrogen-bond acceptors (Lipinski definition) is 3. The first-order valence-electron chi connectivity index (χ1n) is 15.6. The second kappa shape index (κ2) is 8.71. The van der Waals surface area contributed by atoms with Gasteiger partial charge < -0.3 is 8.83 Å². The third-order valence-corrected chi connectivity index (χ3v) is 9.83. The van der Waals surface area contributed by atoms with Crippen molar-refractivity contribution in [3.05, 3.63) is 140 Å². The first-order chi connectivity index (χ1) is 22.8. The van der Waals surface area contributed by atoms with Gasteiger partial charge in [0.1, 0.15) is 16.7 Å². The van der Waals surface area contributed by atoms with Crippen LogP contribution in [0, 0.1) is 0 Å². The zero-order valence-electron chi connectivity index (χ0n) is 24.5. The van der Waals surface area contributed by atoms with E-state index in [4.69, 9.17) is 13.8 Å². The van der Waals surface area contributed by atoms with E-state index < -0.39 is 0 Å². The first-order valence-corrected chi connectivity index (χ1v) is 15.6. The Morgan fingerprint density at radius 2 is 1.07 bits per heavy atom. The molecule has 1 aliphatic rings. The van der Waals surface area contributed by atoms with Gasteiger partial charge in [0.2, 0.25) is 5.89 Å². The van der Waals surface area contributed by atoms with Crippen LogP contribution < -0.4 is 0 Å². The largest absolute Gasteiger partial charge is 0.455 e. The summed E-state index contributed by atoms with van der Waals surface area (Å²) in [6.07, 6.45) is 0. The zero-order chi connectivity index (χ0) is 29.9. The Morgan fingerprint density at radius 3 is 1.96 bits per heavy atom. The SMILES string of the molecule is c1ccc2c(c1)-c1cccc3c1c-2cc1oc2c(-c4ccc(-c5nc6ccc7ccc8ccccc8c7c6o5)cc4)cccc2c13. The summed E-state index contributed by atoms with van der Waals surface area (Å²) in [5, 5.41) is 9.48. The highest BCUT2D eigenvalue weighted by atomic mass is 16.3. The van der Waals surface area contributed by atoms with Gasteiger partial charge in [0, 0.05) is 27.3 Å². The third kappa shape index (κ3) is 3.14. The van der Waals surface area contributed by atoms with Crippen LogP contribution in [0.2, 0.25) is 0 Å². The molecule has 0 saturated carbocycles. The smallest absolute Gasteiger partial charge is 0.227 e. The van der Waals surface area contributed by atoms with E-state index in [0.29, 0.717) is 5.89 Å². The fraction of sp³-hybridized carbons (Fsp3) is 0. The molecule has 0 spiro atoms. The molecule has 11 rings (SSSR count). The second-order valence-corrected chi connectivity index (χ2v) is 12.3. The Balaban J connectivity index is 1.06. The van der Waals surface area contributed by atoms with Crippen LogP contribution in [0.25, 0.3) is 110 Å². The molecule has 0 amide bonds. The Bertz CT molecular complexity index is 2910. The number of aromatic nitrogens is 1. The Labute approximate surface area is 262 Å². The Kier molecular flexibility index (Phi) is 4.58. The summed E-state index contributed by atoms with van der Waals surface area (Å²) in [6, 6.07) is 49.4. The molecule has 212 valence electrons. The lowest BCUT2D eigenvalue weighted by Crippen LogP contribution is -1.81. The molecule has 0 saturated heterocycles. The van der Waals surface area contributed by atoms with Gasteiger partial charge in [-0.15, -0.1) is 0 Å². The summed E-state index contributed by atoms with van der Waals surface area (Å²) in [4.78, 5) is 4.90. The van der Waals surface area contributed by atoms with Crippen LogP contribution in [0.1, 0.15) is 0 Å². The lowest BCUT2D eigenvalue weighted by atomic mass is 9.96. The highest BCUT2D eigenvalue weighted by Gasteiger charge is 2.25. The molecule has 3 nitrogen and oxygen atoms in total. The Morgan fingerprint density at radius 1 is 0.391 bits per heavy atom. The van der Waals surface area contributed by atoms with Crippen molar-refractivity contribution in [3.8, 4) is 44.8 Å². The maximum absolute atomic E-state index is 6.73. The molecule has 0 unspecified atom stereocenters. The van der Waals surface area contributed by atoms with Gasteiger partial charge in [-0.2, -0.15) is 0 Å². The molecule has 0 atom stereocenters. The number of fused-ring (bicyclic) bond motifs is 12. The summed E-state index contributed by atoms with van der Waals surface area (Å²) in [7, 11) is 0. The van der Waals surface area contributed by atoms with Crippen molar-refractivity contribution in [1.82, 2.24) is 4.98 Å². The van der Waals surface area contributed by atoms with Crippen molar-refractivity contribution in [2.75, 3.05) is 0 Å². The predicted molar refractivity (Wildman–Crippen MR) is 189 cm³/mol. The maximum atomic E-state index is 6.73. The quantitative estimate of drug-likeness (QED) is 0.189. The van der Waals surface area contributed by atoms with Crippen LogP contribution in [0.5, 0.6) is 0 Å². The summed E-state index contributed by atoms with van der Waals surface area (Å²) >= 11 is 0. The van der Waals surface area contributed by atoms with E-state index in [1.54, 1.807) is 0 Å². The number of nitrogens with zero attached hydrogens (tertiary/aromatic N) is 1. The normalized spacial score (nSPS) is 12.3. The van der Waals surface area contributed by atoms with Crippen LogP contribution in [0.15, 0.2) is 148 Å². The molecule has 0 aliphatic heterocycles. The lowest BCUT2D eigenvalue weighted by molar-refractivity contribution is 0.623. The first kappa shape index (κ1) is 24.2. The average molecular weight is 586 g/mol. The third-order valence-electron chi connectivity index (χ3n) is 9.83. The van der Waals surface area contributed by atoms with E-state index in [0.717, 1.165) is 55.1 Å². The summed E-state index contributed by atoms with van der Waals surface area (Å²) in [6.45, 7) is 0. The van der Waals surface area contributed by atoms with E-state index in [2.05, 4.69) is 133 Å². The fourth-order valence-corrected chi connectivity index (χ4v) is 7.78. The predicted octanol–water partition coefficient (Wildman–Crippen LogP) is 12.2. The van der Waals surface area contributed by atoms with Crippen molar-refractivity contribution < 1.29 is 8.83 Å². The lowest BCUT2D eigenvalue weighted by Gasteiger charge is -2.05. The van der Waals surface area contributed by atoms with Crippen LogP contribution in [0.4, 0.5) is 0 Å². The zero-order valence-corrected chi connectivity index (χ0v) is 24.5. The minimum Gasteiger partial charge on any atom is -0.455 e. The number of para-hydroxylation sites is 1. The van der Waals surface area contributed by atoms with E-state index in [-0.39, 0.29) is 0 Å². The maximum Gasteiger partial charge on any atom is 0.227 e. The second-order valence-electron chi connectivity index (χ2n) is 12.3. The van der Waals surface area contributed by atoms with Crippen molar-refractivity contribution >= 4 is 65.4 Å². The van der Waals surface area contributed by atoms with Crippen molar-refractivity contribution in [1.29, 1.82) is 0 Å². The van der Waals surface area contributed by atoms with E-state index in [1.165, 1.54) is 49.2 Å². The van der Waals surface area contributed by atoms with Crippen molar-refractivity contribution in [2.45, 2.75) is 0 Å². The number of hydrogen-bond donors (Lipinski definition) is 0. The van der Waals surface area contributed by atoms with Crippen LogP contribution in [-0.2, 0) is 0 Å². The van der Waals surface area contributed by atoms with Gasteiger partial charge in [-0.05, 0) is 79.0 Å². The molecular formula is C43H23NO2. The van der Waals surface area contributed by atoms with Crippen molar-refractivity contribution in [2.24, 2.45) is 0 Å². The molecule has 2 aromatic heterocycles. The number of benzene rings is 8. The van der Waals surface area contributed by atoms with Gasteiger partial charge in [0.25, 0.3) is 0 Å². The van der Waals surface area contributed by atoms with Gasteiger partial charge in [0.15, 0.2) is 5.58 Å². The van der Waals surface area contributed by atoms with Crippen molar-refractivity contribution in [3.63, 3.8) is 0 Å². The standard InChI is InChI=1S/C43H23NO2/c1-2-8-28-24(7-1)15-18-26-21-22-36-42(38(26)28)46-43(44-36)27-19-16-25(17-20-27)29-11-5-14-34-40-33-13-6-12-32-30-9-3-4-10-31(30)35(39(32)33)23-37(40)45-41(29)34/h1-23H. The van der Waals surface area contributed by atoms with Crippen LogP contribution in [-0.4, -0.2) is 4.98 Å². The average Bonchev–Trinajstić information content (AvgIpc) is 3.81. The Hall–Kier alpha value is -6.19. The topological polar surface area (TPSA) is 39.2 Å². The van der Waals surface area contributed by atoms with Gasteiger partial charge >= 0.3 is 0 Å². The van der Waals surface area contributed by atoms with Gasteiger partial charge in [0.05, 0.1) is 0 Å². The molecule has 3 heteroatoms. The van der Waals surface area contributed by atoms with E-state index in [9.17, 15) is 0 Å². The highest BCUT2D eigenvalue weighted by molar-refractivity contribution is 6.28. The molecule has 8 aromatic carbocycles. The summed E-state index contributed by atoms with van der Waals surface area (Å²) in [5.74, 6) is 0.619. The molecule has 46 heavy (non-hydrogen) atoms. The molecule has 0 bridgehead atoms. The van der Waals surface area contributed by atoms with E-state index >= 15 is 0 Å². The minimum atomic E-state index is 0.619. The highest BCUT2D eigenvalue weighted by Crippen LogP contribution is 2.51. The molecule has 0 N–H and O–H groups in total. The van der Waals surface area contributed by atoms with Crippen LogP contribution in [0.3, 0.4) is 0 Å². The van der Waals surface area contributed by atoms with E-state index in [1.807, 2.05) is 6.07 Å². The molecule has 2 heterocycles. The van der Waals surface area contributed by atoms with Crippen LogP contribution >= 0.6 is 0 Å². The van der Waals surface area contributed by atoms with Gasteiger partial charge in [-0.3, -0.25) is 0 Å². The van der Waals surface area contributed by atoms with Gasteiger partial charge in [-0.25, -0.2) is 4.98 Å². The molecule has 0 fully saturated rings. The number of furan rings is 1. The summed E-state index contributed by atoms with van der Waals surface area (Å²) in [5.41, 5.74) is 11.7. The molecule has 1 aliphatic carbocycles. The molecule has 0 radical (unpaired) electrons. The fourth-order valence-electron chi connectivity index (χ4n) is 7.78. The minimum absolute atomic E-state index is 0.619.